The number of aryl methyl sites for hydroxylation is 3. The average Bonchev–Trinajstić information content (AvgIpc) is 3.00. The van der Waals surface area contributed by atoms with Crippen LogP contribution in [0.15, 0.2) is 36.4 Å². The van der Waals surface area contributed by atoms with Crippen LogP contribution in [0.5, 0.6) is 0 Å². The van der Waals surface area contributed by atoms with Gasteiger partial charge < -0.3 is 4.90 Å². The highest BCUT2D eigenvalue weighted by Crippen LogP contribution is 2.31. The lowest BCUT2D eigenvalue weighted by atomic mass is 10.1. The second kappa shape index (κ2) is 8.19. The maximum absolute atomic E-state index is 13.3. The van der Waals surface area contributed by atoms with Crippen LogP contribution in [0.3, 0.4) is 0 Å². The molecule has 0 aliphatic carbocycles. The summed E-state index contributed by atoms with van der Waals surface area (Å²) in [5.41, 5.74) is 5.27. The number of amides is 1. The molecule has 4 nitrogen and oxygen atoms in total. The fourth-order valence-corrected chi connectivity index (χ4v) is 4.16. The molecule has 1 amide bonds. The van der Waals surface area contributed by atoms with Crippen LogP contribution < -0.4 is 9.80 Å². The standard InChI is InChI=1S/C22H27N3OS/c1-15-8-6-9-18(12-15)21(26)25(11-7-10-24(4)5)22-23-19-13-16(2)17(3)14-20(19)27-22/h6,8-9,12-14H,7,10-11H2,1-5H3/p+1. The molecule has 1 N–H and O–H groups in total. The van der Waals surface area contributed by atoms with Crippen LogP contribution in [0.4, 0.5) is 5.13 Å². The molecule has 27 heavy (non-hydrogen) atoms. The van der Waals surface area contributed by atoms with Gasteiger partial charge in [0.25, 0.3) is 5.91 Å². The molecule has 1 heterocycles. The quantitative estimate of drug-likeness (QED) is 0.709. The van der Waals surface area contributed by atoms with Crippen molar-refractivity contribution in [3.05, 3.63) is 58.7 Å². The Balaban J connectivity index is 1.97. The number of rotatable bonds is 6. The van der Waals surface area contributed by atoms with Gasteiger partial charge in [-0.05, 0) is 56.2 Å². The molecule has 0 spiro atoms. The van der Waals surface area contributed by atoms with E-state index in [4.69, 9.17) is 4.98 Å². The molecule has 3 aromatic rings. The predicted molar refractivity (Wildman–Crippen MR) is 114 cm³/mol. The lowest BCUT2D eigenvalue weighted by Crippen LogP contribution is -3.05. The fraction of sp³-hybridized carbons (Fsp3) is 0.364. The molecular formula is C22H28N3OS+. The Kier molecular flexibility index (Phi) is 5.92. The van der Waals surface area contributed by atoms with E-state index < -0.39 is 0 Å². The summed E-state index contributed by atoms with van der Waals surface area (Å²) < 4.78 is 1.13. The first kappa shape index (κ1) is 19.5. The van der Waals surface area contributed by atoms with Gasteiger partial charge in [-0.2, -0.15) is 0 Å². The van der Waals surface area contributed by atoms with Crippen molar-refractivity contribution in [2.75, 3.05) is 32.1 Å². The number of nitrogens with one attached hydrogen (secondary N) is 1. The molecule has 0 radical (unpaired) electrons. The number of fused-ring (bicyclic) bond motifs is 1. The van der Waals surface area contributed by atoms with Crippen molar-refractivity contribution in [2.45, 2.75) is 27.2 Å². The SMILES string of the molecule is Cc1cccc(C(=O)N(CCC[NH+](C)C)c2nc3cc(C)c(C)cc3s2)c1. The Hall–Kier alpha value is -2.24. The zero-order valence-electron chi connectivity index (χ0n) is 16.8. The van der Waals surface area contributed by atoms with Crippen molar-refractivity contribution < 1.29 is 9.69 Å². The largest absolute Gasteiger partial charge is 0.340 e. The summed E-state index contributed by atoms with van der Waals surface area (Å²) in [4.78, 5) is 21.3. The highest BCUT2D eigenvalue weighted by molar-refractivity contribution is 7.22. The number of carbonyl (C=O) groups is 1. The van der Waals surface area contributed by atoms with Gasteiger partial charge in [-0.25, -0.2) is 4.98 Å². The second-order valence-electron chi connectivity index (χ2n) is 7.54. The van der Waals surface area contributed by atoms with Crippen LogP contribution in [0.25, 0.3) is 10.2 Å². The highest BCUT2D eigenvalue weighted by Gasteiger charge is 2.21. The number of thiazole rings is 1. The monoisotopic (exact) mass is 382 g/mol. The van der Waals surface area contributed by atoms with E-state index in [1.165, 1.54) is 16.0 Å². The summed E-state index contributed by atoms with van der Waals surface area (Å²) in [6.07, 6.45) is 0.938. The number of carbonyl (C=O) groups excluding carboxylic acids is 1. The van der Waals surface area contributed by atoms with Crippen molar-refractivity contribution >= 4 is 32.6 Å². The van der Waals surface area contributed by atoms with E-state index in [2.05, 4.69) is 40.1 Å². The minimum atomic E-state index is 0.0277. The first-order chi connectivity index (χ1) is 12.8. The molecule has 0 saturated carbocycles. The summed E-state index contributed by atoms with van der Waals surface area (Å²) in [6, 6.07) is 12.1. The molecule has 0 saturated heterocycles. The average molecular weight is 383 g/mol. The summed E-state index contributed by atoms with van der Waals surface area (Å²) in [5, 5.41) is 0.787. The molecule has 0 aliphatic rings. The minimum Gasteiger partial charge on any atom is -0.340 e. The lowest BCUT2D eigenvalue weighted by molar-refractivity contribution is -0.858. The first-order valence-electron chi connectivity index (χ1n) is 9.40. The summed E-state index contributed by atoms with van der Waals surface area (Å²) in [5.74, 6) is 0.0277. The lowest BCUT2D eigenvalue weighted by Gasteiger charge is -2.20. The molecule has 0 fully saturated rings. The third-order valence-corrected chi connectivity index (χ3v) is 5.83. The van der Waals surface area contributed by atoms with Crippen molar-refractivity contribution in [2.24, 2.45) is 0 Å². The molecule has 0 aliphatic heterocycles. The smallest absolute Gasteiger partial charge is 0.260 e. The molecule has 0 atom stereocenters. The molecule has 5 heteroatoms. The Morgan fingerprint density at radius 2 is 1.85 bits per heavy atom. The zero-order valence-corrected chi connectivity index (χ0v) is 17.6. The second-order valence-corrected chi connectivity index (χ2v) is 8.55. The van der Waals surface area contributed by atoms with Gasteiger partial charge in [0, 0.05) is 18.5 Å². The van der Waals surface area contributed by atoms with Crippen LogP contribution in [0, 0.1) is 20.8 Å². The first-order valence-corrected chi connectivity index (χ1v) is 10.2. The van der Waals surface area contributed by atoms with E-state index in [0.717, 1.165) is 39.4 Å². The summed E-state index contributed by atoms with van der Waals surface area (Å²) in [6.45, 7) is 7.92. The topological polar surface area (TPSA) is 37.6 Å². The minimum absolute atomic E-state index is 0.0277. The van der Waals surface area contributed by atoms with Crippen molar-refractivity contribution in [3.8, 4) is 0 Å². The fourth-order valence-electron chi connectivity index (χ4n) is 3.09. The number of aromatic nitrogens is 1. The Labute approximate surface area is 165 Å². The maximum Gasteiger partial charge on any atom is 0.260 e. The van der Waals surface area contributed by atoms with Crippen molar-refractivity contribution in [3.63, 3.8) is 0 Å². The van der Waals surface area contributed by atoms with E-state index in [0.29, 0.717) is 6.54 Å². The Morgan fingerprint density at radius 1 is 1.11 bits per heavy atom. The normalized spacial score (nSPS) is 11.3. The van der Waals surface area contributed by atoms with Crippen LogP contribution in [-0.4, -0.2) is 38.1 Å². The van der Waals surface area contributed by atoms with E-state index in [-0.39, 0.29) is 5.91 Å². The number of benzene rings is 2. The van der Waals surface area contributed by atoms with Gasteiger partial charge in [0.05, 0.1) is 30.9 Å². The molecule has 3 rings (SSSR count). The van der Waals surface area contributed by atoms with Gasteiger partial charge in [-0.3, -0.25) is 9.69 Å². The Morgan fingerprint density at radius 3 is 2.56 bits per heavy atom. The highest BCUT2D eigenvalue weighted by atomic mass is 32.1. The molecule has 1 aromatic heterocycles. The van der Waals surface area contributed by atoms with Crippen LogP contribution in [-0.2, 0) is 0 Å². The van der Waals surface area contributed by atoms with Crippen molar-refractivity contribution in [1.82, 2.24) is 4.98 Å². The van der Waals surface area contributed by atoms with Crippen LogP contribution in [0.2, 0.25) is 0 Å². The number of hydrogen-bond acceptors (Lipinski definition) is 3. The number of nitrogens with zero attached hydrogens (tertiary/aromatic N) is 2. The molecular weight excluding hydrogens is 354 g/mol. The molecule has 2 aromatic carbocycles. The van der Waals surface area contributed by atoms with E-state index in [1.54, 1.807) is 11.3 Å². The van der Waals surface area contributed by atoms with Gasteiger partial charge in [0.2, 0.25) is 0 Å². The summed E-state index contributed by atoms with van der Waals surface area (Å²) >= 11 is 1.60. The van der Waals surface area contributed by atoms with Gasteiger partial charge in [-0.1, -0.05) is 29.0 Å². The third kappa shape index (κ3) is 4.54. The van der Waals surface area contributed by atoms with Gasteiger partial charge in [0.1, 0.15) is 0 Å². The van der Waals surface area contributed by atoms with Crippen LogP contribution >= 0.6 is 11.3 Å². The zero-order chi connectivity index (χ0) is 19.6. The number of quaternary nitrogens is 1. The molecule has 142 valence electrons. The summed E-state index contributed by atoms with van der Waals surface area (Å²) in [7, 11) is 4.27. The molecule has 0 unspecified atom stereocenters. The number of hydrogen-bond donors (Lipinski definition) is 1. The third-order valence-electron chi connectivity index (χ3n) is 4.79. The van der Waals surface area contributed by atoms with Gasteiger partial charge in [0.15, 0.2) is 5.13 Å². The van der Waals surface area contributed by atoms with E-state index in [1.807, 2.05) is 36.1 Å². The van der Waals surface area contributed by atoms with Crippen LogP contribution in [0.1, 0.15) is 33.5 Å². The molecule has 0 bridgehead atoms. The van der Waals surface area contributed by atoms with E-state index >= 15 is 0 Å². The number of anilines is 1. The van der Waals surface area contributed by atoms with Gasteiger partial charge in [-0.15, -0.1) is 0 Å². The maximum atomic E-state index is 13.3. The predicted octanol–water partition coefficient (Wildman–Crippen LogP) is 3.40. The van der Waals surface area contributed by atoms with Crippen molar-refractivity contribution in [1.29, 1.82) is 0 Å². The van der Waals surface area contributed by atoms with E-state index in [9.17, 15) is 4.79 Å². The van der Waals surface area contributed by atoms with Gasteiger partial charge >= 0.3 is 0 Å². The Bertz CT molecular complexity index is 922.